The van der Waals surface area contributed by atoms with Crippen LogP contribution >= 0.6 is 29.5 Å². The van der Waals surface area contributed by atoms with Crippen LogP contribution in [0.4, 0.5) is 0 Å². The molecule has 0 radical (unpaired) electrons. The van der Waals surface area contributed by atoms with Crippen molar-refractivity contribution in [3.8, 4) is 0 Å². The Morgan fingerprint density at radius 2 is 1.04 bits per heavy atom. The number of carbonyl (C=O) groups is 1. The average molecular weight is 460 g/mol. The van der Waals surface area contributed by atoms with Gasteiger partial charge in [-0.05, 0) is 45.4 Å². The Morgan fingerprint density at radius 1 is 0.720 bits per heavy atom. The summed E-state index contributed by atoms with van der Waals surface area (Å²) in [6.07, 6.45) is 0. The summed E-state index contributed by atoms with van der Waals surface area (Å²) in [6, 6.07) is 30.8. The summed E-state index contributed by atoms with van der Waals surface area (Å²) in [5, 5.41) is 3.42. The summed E-state index contributed by atoms with van der Waals surface area (Å²) in [6.45, 7) is -2.29. The second kappa shape index (κ2) is 8.03. The number of rotatable bonds is 4. The fourth-order valence-corrected chi connectivity index (χ4v) is 9.49. The van der Waals surface area contributed by atoms with Gasteiger partial charge in [-0.2, -0.15) is 0 Å². The van der Waals surface area contributed by atoms with Crippen molar-refractivity contribution >= 4 is 54.7 Å². The lowest BCUT2D eigenvalue weighted by Crippen LogP contribution is -2.31. The van der Waals surface area contributed by atoms with Crippen molar-refractivity contribution in [2.24, 2.45) is 0 Å². The van der Waals surface area contributed by atoms with Gasteiger partial charge in [0.25, 0.3) is 0 Å². The first-order valence-electron chi connectivity index (χ1n) is 7.88. The predicted octanol–water partition coefficient (Wildman–Crippen LogP) is 3.72. The van der Waals surface area contributed by atoms with Crippen molar-refractivity contribution in [3.05, 3.63) is 91.0 Å². The maximum atomic E-state index is 12.6. The van der Waals surface area contributed by atoms with E-state index in [1.54, 1.807) is 0 Å². The predicted molar refractivity (Wildman–Crippen MR) is 116 cm³/mol. The molecule has 0 atom stereocenters. The molecular weight excluding hydrogens is 442 g/mol. The molecule has 126 valence electrons. The van der Waals surface area contributed by atoms with E-state index in [-0.39, 0.29) is 5.97 Å². The van der Waals surface area contributed by atoms with Crippen LogP contribution in [0.25, 0.3) is 0 Å². The molecule has 25 heavy (non-hydrogen) atoms. The first kappa shape index (κ1) is 18.0. The molecule has 0 spiro atoms. The zero-order valence-corrected chi connectivity index (χ0v) is 16.9. The van der Waals surface area contributed by atoms with Crippen LogP contribution in [-0.4, -0.2) is 16.4 Å². The molecule has 0 saturated heterocycles. The van der Waals surface area contributed by atoms with E-state index in [4.69, 9.17) is 4.74 Å². The minimum atomic E-state index is -2.29. The highest BCUT2D eigenvalue weighted by atomic mass is 127. The topological polar surface area (TPSA) is 26.3 Å². The Kier molecular flexibility index (Phi) is 5.77. The van der Waals surface area contributed by atoms with Gasteiger partial charge in [0.1, 0.15) is 3.30 Å². The Morgan fingerprint density at radius 3 is 1.32 bits per heavy atom. The molecule has 3 aromatic rings. The minimum Gasteiger partial charge on any atom is -0.465 e. The standard InChI is InChI=1S/C21H18IO2P/c1-24-21(23)20(22)25(17-11-5-2-6-12-17,18-13-7-3-8-14-18)19-15-9-4-10-16-19/h2-16H,1H3. The molecule has 2 nitrogen and oxygen atoms in total. The van der Waals surface area contributed by atoms with Crippen LogP contribution in [0.2, 0.25) is 0 Å². The van der Waals surface area contributed by atoms with Crippen molar-refractivity contribution in [1.82, 2.24) is 0 Å². The maximum absolute atomic E-state index is 12.6. The molecule has 3 rings (SSSR count). The van der Waals surface area contributed by atoms with Gasteiger partial charge in [-0.1, -0.05) is 91.0 Å². The van der Waals surface area contributed by atoms with E-state index in [9.17, 15) is 4.79 Å². The normalized spacial score (nSPS) is 11.0. The molecule has 0 bridgehead atoms. The van der Waals surface area contributed by atoms with Crippen LogP contribution in [0.3, 0.4) is 0 Å². The Hall–Kier alpha value is -1.84. The van der Waals surface area contributed by atoms with Gasteiger partial charge in [0, 0.05) is 0 Å². The summed E-state index contributed by atoms with van der Waals surface area (Å²) in [7, 11) is 1.44. The summed E-state index contributed by atoms with van der Waals surface area (Å²) < 4.78 is 5.85. The minimum absolute atomic E-state index is 0.273. The third-order valence-corrected chi connectivity index (χ3v) is 10.7. The number of benzene rings is 3. The molecule has 0 saturated carbocycles. The van der Waals surface area contributed by atoms with Crippen LogP contribution in [0.1, 0.15) is 0 Å². The van der Waals surface area contributed by atoms with E-state index in [1.807, 2.05) is 54.6 Å². The molecule has 3 aromatic carbocycles. The largest absolute Gasteiger partial charge is 0.465 e. The fraction of sp³-hybridized carbons (Fsp3) is 0.0476. The number of esters is 1. The van der Waals surface area contributed by atoms with Gasteiger partial charge in [0.05, 0.1) is 7.11 Å². The van der Waals surface area contributed by atoms with Crippen molar-refractivity contribution in [2.45, 2.75) is 0 Å². The summed E-state index contributed by atoms with van der Waals surface area (Å²) in [4.78, 5) is 12.6. The quantitative estimate of drug-likeness (QED) is 0.337. The number of carbonyl (C=O) groups excluding carboxylic acids is 1. The number of hydrogen-bond acceptors (Lipinski definition) is 2. The highest BCUT2D eigenvalue weighted by molar-refractivity contribution is 14.1. The second-order valence-corrected chi connectivity index (χ2v) is 10.7. The van der Waals surface area contributed by atoms with Gasteiger partial charge < -0.3 is 4.74 Å². The lowest BCUT2D eigenvalue weighted by atomic mass is 10.4. The summed E-state index contributed by atoms with van der Waals surface area (Å²) in [5.74, 6) is -0.273. The molecule has 0 aliphatic heterocycles. The van der Waals surface area contributed by atoms with E-state index < -0.39 is 6.89 Å². The Bertz CT molecular complexity index is 803. The fourth-order valence-electron chi connectivity index (χ4n) is 2.96. The number of hydrogen-bond donors (Lipinski definition) is 0. The highest BCUT2D eigenvalue weighted by Gasteiger charge is 2.32. The lowest BCUT2D eigenvalue weighted by molar-refractivity contribution is -0.132. The van der Waals surface area contributed by atoms with Crippen LogP contribution in [0.5, 0.6) is 0 Å². The van der Waals surface area contributed by atoms with Gasteiger partial charge in [-0.25, -0.2) is 4.79 Å². The van der Waals surface area contributed by atoms with Crippen molar-refractivity contribution < 1.29 is 9.53 Å². The Labute approximate surface area is 162 Å². The number of methoxy groups -OCH3 is 1. The zero-order chi connectivity index (χ0) is 17.7. The molecule has 4 heteroatoms. The van der Waals surface area contributed by atoms with E-state index in [0.717, 1.165) is 19.2 Å². The van der Waals surface area contributed by atoms with Crippen molar-refractivity contribution in [2.75, 3.05) is 7.11 Å². The van der Waals surface area contributed by atoms with Crippen LogP contribution in [0.15, 0.2) is 91.0 Å². The average Bonchev–Trinajstić information content (AvgIpc) is 2.70. The van der Waals surface area contributed by atoms with E-state index >= 15 is 0 Å². The summed E-state index contributed by atoms with van der Waals surface area (Å²) >= 11 is 2.18. The number of ether oxygens (including phenoxy) is 1. The molecule has 0 fully saturated rings. The molecule has 0 unspecified atom stereocenters. The monoisotopic (exact) mass is 460 g/mol. The lowest BCUT2D eigenvalue weighted by Gasteiger charge is -2.29. The molecule has 0 N–H and O–H groups in total. The van der Waals surface area contributed by atoms with Gasteiger partial charge >= 0.3 is 5.97 Å². The zero-order valence-electron chi connectivity index (χ0n) is 13.8. The van der Waals surface area contributed by atoms with Crippen LogP contribution in [-0.2, 0) is 9.53 Å². The Balaban J connectivity index is 2.52. The van der Waals surface area contributed by atoms with Gasteiger partial charge in [0.15, 0.2) is 0 Å². The molecule has 0 aliphatic rings. The SMILES string of the molecule is COC(=O)C(I)=P(c1ccccc1)(c1ccccc1)c1ccccc1. The molecule has 0 amide bonds. The van der Waals surface area contributed by atoms with Gasteiger partial charge in [-0.15, -0.1) is 0 Å². The second-order valence-electron chi connectivity index (χ2n) is 5.46. The van der Waals surface area contributed by atoms with E-state index in [2.05, 4.69) is 59.0 Å². The van der Waals surface area contributed by atoms with E-state index in [0.29, 0.717) is 0 Å². The first-order chi connectivity index (χ1) is 12.2. The highest BCUT2D eigenvalue weighted by Crippen LogP contribution is 2.47. The molecule has 0 aromatic heterocycles. The summed E-state index contributed by atoms with van der Waals surface area (Å²) in [5.41, 5.74) is 0. The third-order valence-electron chi connectivity index (χ3n) is 4.08. The maximum Gasteiger partial charge on any atom is 0.345 e. The van der Waals surface area contributed by atoms with Crippen LogP contribution in [0, 0.1) is 0 Å². The molecule has 0 aliphatic carbocycles. The molecular formula is C21H18IO2P. The smallest absolute Gasteiger partial charge is 0.345 e. The van der Waals surface area contributed by atoms with E-state index in [1.165, 1.54) is 7.11 Å². The van der Waals surface area contributed by atoms with Crippen molar-refractivity contribution in [3.63, 3.8) is 0 Å². The first-order valence-corrected chi connectivity index (χ1v) is 10.7. The number of halogens is 1. The van der Waals surface area contributed by atoms with Crippen molar-refractivity contribution in [1.29, 1.82) is 0 Å². The van der Waals surface area contributed by atoms with Gasteiger partial charge in [0.2, 0.25) is 0 Å². The molecule has 0 heterocycles. The third kappa shape index (κ3) is 3.31. The van der Waals surface area contributed by atoms with Crippen LogP contribution < -0.4 is 15.9 Å². The van der Waals surface area contributed by atoms with Gasteiger partial charge in [-0.3, -0.25) is 0 Å².